The van der Waals surface area contributed by atoms with E-state index in [1.165, 1.54) is 4.90 Å². The Bertz CT molecular complexity index is 430. The van der Waals surface area contributed by atoms with Crippen molar-refractivity contribution < 1.29 is 22.7 Å². The summed E-state index contributed by atoms with van der Waals surface area (Å²) in [4.78, 5) is 13.1. The molecule has 6 nitrogen and oxygen atoms in total. The monoisotopic (exact) mass is 282 g/mol. The molecule has 18 heavy (non-hydrogen) atoms. The number of carbonyl (C=O) groups excluding carboxylic acids is 1. The van der Waals surface area contributed by atoms with Gasteiger partial charge in [-0.05, 0) is 0 Å². The molecule has 0 radical (unpaired) electrons. The summed E-state index contributed by atoms with van der Waals surface area (Å²) in [5.41, 5.74) is 0. The molecule has 2 rings (SSSR count). The summed E-state index contributed by atoms with van der Waals surface area (Å²) >= 11 is 0.295. The summed E-state index contributed by atoms with van der Waals surface area (Å²) in [5, 5.41) is 7.28. The van der Waals surface area contributed by atoms with Crippen LogP contribution in [-0.2, 0) is 10.9 Å². The smallest absolute Gasteiger partial charge is 0.378 e. The van der Waals surface area contributed by atoms with Gasteiger partial charge in [0.05, 0.1) is 13.2 Å². The number of hydrogen-bond donors (Lipinski definition) is 1. The van der Waals surface area contributed by atoms with Crippen molar-refractivity contribution in [2.24, 2.45) is 0 Å². The number of halogens is 3. The third-order valence-corrected chi connectivity index (χ3v) is 3.06. The number of ether oxygens (including phenoxy) is 1. The second-order valence-electron chi connectivity index (χ2n) is 3.44. The third-order valence-electron chi connectivity index (χ3n) is 2.18. The van der Waals surface area contributed by atoms with Gasteiger partial charge in [0, 0.05) is 13.1 Å². The van der Waals surface area contributed by atoms with Gasteiger partial charge >= 0.3 is 12.2 Å². The van der Waals surface area contributed by atoms with E-state index in [-0.39, 0.29) is 5.13 Å². The van der Waals surface area contributed by atoms with Crippen LogP contribution in [0.3, 0.4) is 0 Å². The lowest BCUT2D eigenvalue weighted by Gasteiger charge is -2.26. The number of anilines is 1. The van der Waals surface area contributed by atoms with Gasteiger partial charge in [0.2, 0.25) is 10.1 Å². The number of nitrogens with one attached hydrogen (secondary N) is 1. The Balaban J connectivity index is 1.96. The Hall–Kier alpha value is -1.42. The number of rotatable bonds is 1. The first-order valence-corrected chi connectivity index (χ1v) is 5.83. The number of urea groups is 1. The lowest BCUT2D eigenvalue weighted by atomic mass is 10.4. The second kappa shape index (κ2) is 5.06. The van der Waals surface area contributed by atoms with E-state index in [2.05, 4.69) is 15.5 Å². The van der Waals surface area contributed by atoms with Crippen molar-refractivity contribution in [2.45, 2.75) is 6.18 Å². The van der Waals surface area contributed by atoms with Crippen LogP contribution < -0.4 is 5.32 Å². The molecule has 0 unspecified atom stereocenters. The molecule has 0 aromatic carbocycles. The highest BCUT2D eigenvalue weighted by atomic mass is 32.1. The Morgan fingerprint density at radius 3 is 2.56 bits per heavy atom. The minimum Gasteiger partial charge on any atom is -0.378 e. The highest BCUT2D eigenvalue weighted by Crippen LogP contribution is 2.33. The SMILES string of the molecule is O=C(Nc1nnc(C(F)(F)F)s1)N1CCOCC1. The number of carbonyl (C=O) groups is 1. The number of morpholine rings is 1. The first kappa shape index (κ1) is 13.0. The standard InChI is InChI=1S/C8H9F3N4O2S/c9-8(10,11)5-13-14-6(18-5)12-7(16)15-1-3-17-4-2-15/h1-4H2,(H,12,14,16). The largest absolute Gasteiger partial charge is 0.445 e. The van der Waals surface area contributed by atoms with E-state index in [1.54, 1.807) is 0 Å². The molecule has 1 aliphatic rings. The molecule has 0 atom stereocenters. The number of hydrogen-bond acceptors (Lipinski definition) is 5. The van der Waals surface area contributed by atoms with Crippen LogP contribution in [-0.4, -0.2) is 47.4 Å². The Morgan fingerprint density at radius 2 is 2.00 bits per heavy atom. The molecule has 100 valence electrons. The Labute approximate surface area is 104 Å². The van der Waals surface area contributed by atoms with E-state index < -0.39 is 17.2 Å². The molecule has 0 aliphatic carbocycles. The van der Waals surface area contributed by atoms with Crippen LogP contribution in [0.1, 0.15) is 5.01 Å². The molecular weight excluding hydrogens is 273 g/mol. The quantitative estimate of drug-likeness (QED) is 0.846. The zero-order chi connectivity index (χ0) is 13.2. The highest BCUT2D eigenvalue weighted by molar-refractivity contribution is 7.15. The van der Waals surface area contributed by atoms with Crippen LogP contribution >= 0.6 is 11.3 Å². The Kier molecular flexibility index (Phi) is 3.66. The molecule has 2 heterocycles. The van der Waals surface area contributed by atoms with Gasteiger partial charge in [-0.1, -0.05) is 11.3 Å². The summed E-state index contributed by atoms with van der Waals surface area (Å²) in [6.45, 7) is 1.63. The van der Waals surface area contributed by atoms with Crippen LogP contribution in [0.5, 0.6) is 0 Å². The van der Waals surface area contributed by atoms with Gasteiger partial charge in [0.1, 0.15) is 0 Å². The maximum atomic E-state index is 12.3. The molecule has 1 aliphatic heterocycles. The van der Waals surface area contributed by atoms with Gasteiger partial charge < -0.3 is 9.64 Å². The van der Waals surface area contributed by atoms with Crippen LogP contribution in [0, 0.1) is 0 Å². The predicted molar refractivity (Wildman–Crippen MR) is 56.3 cm³/mol. The van der Waals surface area contributed by atoms with Crippen molar-refractivity contribution in [1.82, 2.24) is 15.1 Å². The fourth-order valence-electron chi connectivity index (χ4n) is 1.33. The van der Waals surface area contributed by atoms with Crippen LogP contribution in [0.4, 0.5) is 23.1 Å². The second-order valence-corrected chi connectivity index (χ2v) is 4.42. The van der Waals surface area contributed by atoms with Crippen molar-refractivity contribution in [1.29, 1.82) is 0 Å². The molecule has 1 aromatic rings. The summed E-state index contributed by atoms with van der Waals surface area (Å²) in [6.07, 6.45) is -4.54. The fourth-order valence-corrected chi connectivity index (χ4v) is 1.93. The van der Waals surface area contributed by atoms with Crippen molar-refractivity contribution in [3.8, 4) is 0 Å². The van der Waals surface area contributed by atoms with Crippen molar-refractivity contribution in [2.75, 3.05) is 31.6 Å². The van der Waals surface area contributed by atoms with Crippen LogP contribution in [0.15, 0.2) is 0 Å². The fraction of sp³-hybridized carbons (Fsp3) is 0.625. The van der Waals surface area contributed by atoms with Gasteiger partial charge in [0.25, 0.3) is 0 Å². The third kappa shape index (κ3) is 3.07. The zero-order valence-electron chi connectivity index (χ0n) is 9.03. The minimum atomic E-state index is -4.54. The molecule has 1 N–H and O–H groups in total. The molecule has 1 aromatic heterocycles. The van der Waals surface area contributed by atoms with Gasteiger partial charge in [-0.3, -0.25) is 5.32 Å². The molecule has 1 saturated heterocycles. The summed E-state index contributed by atoms with van der Waals surface area (Å²) < 4.78 is 41.8. The van der Waals surface area contributed by atoms with E-state index >= 15 is 0 Å². The summed E-state index contributed by atoms with van der Waals surface area (Å²) in [5.74, 6) is 0. The van der Waals surface area contributed by atoms with Crippen LogP contribution in [0.25, 0.3) is 0 Å². The topological polar surface area (TPSA) is 67.4 Å². The first-order valence-electron chi connectivity index (χ1n) is 5.01. The van der Waals surface area contributed by atoms with Gasteiger partial charge in [-0.15, -0.1) is 10.2 Å². The van der Waals surface area contributed by atoms with Crippen LogP contribution in [0.2, 0.25) is 0 Å². The highest BCUT2D eigenvalue weighted by Gasteiger charge is 2.36. The normalized spacial score (nSPS) is 16.7. The molecule has 0 bridgehead atoms. The Morgan fingerprint density at radius 1 is 1.33 bits per heavy atom. The number of amides is 2. The maximum absolute atomic E-state index is 12.3. The number of nitrogens with zero attached hydrogens (tertiary/aromatic N) is 3. The minimum absolute atomic E-state index is 0.168. The van der Waals surface area contributed by atoms with Gasteiger partial charge in [-0.25, -0.2) is 4.79 Å². The zero-order valence-corrected chi connectivity index (χ0v) is 9.85. The summed E-state index contributed by atoms with van der Waals surface area (Å²) in [7, 11) is 0. The van der Waals surface area contributed by atoms with Crippen molar-refractivity contribution >= 4 is 22.5 Å². The average molecular weight is 282 g/mol. The average Bonchev–Trinajstić information content (AvgIpc) is 2.78. The molecule has 0 saturated carbocycles. The van der Waals surface area contributed by atoms with E-state index in [1.807, 2.05) is 0 Å². The lowest BCUT2D eigenvalue weighted by molar-refractivity contribution is -0.138. The van der Waals surface area contributed by atoms with E-state index in [0.29, 0.717) is 37.6 Å². The van der Waals surface area contributed by atoms with E-state index in [9.17, 15) is 18.0 Å². The van der Waals surface area contributed by atoms with Gasteiger partial charge in [0.15, 0.2) is 0 Å². The van der Waals surface area contributed by atoms with Gasteiger partial charge in [-0.2, -0.15) is 13.2 Å². The summed E-state index contributed by atoms with van der Waals surface area (Å²) in [6, 6.07) is -0.497. The van der Waals surface area contributed by atoms with E-state index in [4.69, 9.17) is 4.74 Å². The lowest BCUT2D eigenvalue weighted by Crippen LogP contribution is -2.43. The predicted octanol–water partition coefficient (Wildman–Crippen LogP) is 1.42. The number of alkyl halides is 3. The molecule has 10 heteroatoms. The molecule has 1 fully saturated rings. The maximum Gasteiger partial charge on any atom is 0.445 e. The van der Waals surface area contributed by atoms with Crippen molar-refractivity contribution in [3.05, 3.63) is 5.01 Å². The molecular formula is C8H9F3N4O2S. The number of aromatic nitrogens is 2. The molecule has 0 spiro atoms. The van der Waals surface area contributed by atoms with Crippen molar-refractivity contribution in [3.63, 3.8) is 0 Å². The van der Waals surface area contributed by atoms with E-state index in [0.717, 1.165) is 0 Å². The first-order chi connectivity index (χ1) is 8.47. The molecule has 2 amide bonds.